The van der Waals surface area contributed by atoms with Crippen LogP contribution in [0.5, 0.6) is 0 Å². The molecule has 1 heterocycles. The second kappa shape index (κ2) is 8.27. The Morgan fingerprint density at radius 1 is 1.25 bits per heavy atom. The van der Waals surface area contributed by atoms with Crippen LogP contribution in [-0.4, -0.2) is 26.8 Å². The fraction of sp³-hybridized carbons (Fsp3) is 0.591. The van der Waals surface area contributed by atoms with Crippen molar-refractivity contribution in [2.24, 2.45) is 11.8 Å². The quantitative estimate of drug-likeness (QED) is 0.609. The number of fused-ring (bicyclic) bond motifs is 1. The lowest BCUT2D eigenvalue weighted by Gasteiger charge is -2.36. The zero-order valence-electron chi connectivity index (χ0n) is 17.5. The Bertz CT molecular complexity index is 916. The molecule has 3 rings (SSSR count). The Balaban J connectivity index is 2.00. The lowest BCUT2D eigenvalue weighted by atomic mass is 9.78. The second-order valence-electron chi connectivity index (χ2n) is 9.01. The van der Waals surface area contributed by atoms with E-state index in [9.17, 15) is 9.59 Å². The van der Waals surface area contributed by atoms with Crippen molar-refractivity contribution >= 4 is 28.6 Å². The number of thioether (sulfide) groups is 1. The Morgan fingerprint density at radius 2 is 1.96 bits per heavy atom. The van der Waals surface area contributed by atoms with Gasteiger partial charge in [-0.3, -0.25) is 14.2 Å². The highest BCUT2D eigenvalue weighted by Crippen LogP contribution is 2.38. The summed E-state index contributed by atoms with van der Waals surface area (Å²) in [6.45, 7) is 10.4. The summed E-state index contributed by atoms with van der Waals surface area (Å²) in [5.74, 6) is 1.17. The summed E-state index contributed by atoms with van der Waals surface area (Å²) >= 11 is 1.36. The molecule has 0 bridgehead atoms. The van der Waals surface area contributed by atoms with Crippen LogP contribution in [0.3, 0.4) is 0 Å². The number of para-hydroxylation sites is 1. The Morgan fingerprint density at radius 3 is 2.68 bits per heavy atom. The van der Waals surface area contributed by atoms with Gasteiger partial charge >= 0.3 is 0 Å². The van der Waals surface area contributed by atoms with Crippen LogP contribution in [0, 0.1) is 11.8 Å². The van der Waals surface area contributed by atoms with Crippen molar-refractivity contribution in [2.45, 2.75) is 70.6 Å². The maximum Gasteiger partial charge on any atom is 0.262 e. The number of nitrogens with one attached hydrogen (secondary N) is 1. The van der Waals surface area contributed by atoms with Crippen LogP contribution in [0.25, 0.3) is 10.9 Å². The van der Waals surface area contributed by atoms with E-state index in [1.807, 2.05) is 49.6 Å². The molecule has 1 fully saturated rings. The molecule has 0 aliphatic heterocycles. The smallest absolute Gasteiger partial charge is 0.262 e. The number of nitrogens with zero attached hydrogens (tertiary/aromatic N) is 2. The summed E-state index contributed by atoms with van der Waals surface area (Å²) in [6.07, 6.45) is 3.29. The van der Waals surface area contributed by atoms with Gasteiger partial charge in [0, 0.05) is 11.6 Å². The molecule has 6 heteroatoms. The number of benzene rings is 1. The van der Waals surface area contributed by atoms with Gasteiger partial charge in [0.2, 0.25) is 5.91 Å². The number of amides is 1. The highest BCUT2D eigenvalue weighted by molar-refractivity contribution is 7.99. The van der Waals surface area contributed by atoms with Crippen LogP contribution in [0.4, 0.5) is 0 Å². The van der Waals surface area contributed by atoms with Gasteiger partial charge < -0.3 is 5.32 Å². The molecule has 1 amide bonds. The molecule has 1 aliphatic rings. The molecule has 0 spiro atoms. The molecule has 1 N–H and O–H groups in total. The van der Waals surface area contributed by atoms with E-state index in [-0.39, 0.29) is 28.8 Å². The zero-order valence-corrected chi connectivity index (χ0v) is 18.3. The van der Waals surface area contributed by atoms with Gasteiger partial charge in [-0.2, -0.15) is 0 Å². The van der Waals surface area contributed by atoms with Gasteiger partial charge in [-0.15, -0.1) is 0 Å². The molecule has 28 heavy (non-hydrogen) atoms. The van der Waals surface area contributed by atoms with E-state index in [4.69, 9.17) is 4.98 Å². The largest absolute Gasteiger partial charge is 0.351 e. The fourth-order valence-electron chi connectivity index (χ4n) is 4.02. The minimum atomic E-state index is -0.276. The van der Waals surface area contributed by atoms with Gasteiger partial charge in [-0.05, 0) is 51.2 Å². The average Bonchev–Trinajstić information content (AvgIpc) is 2.62. The van der Waals surface area contributed by atoms with Gasteiger partial charge in [0.1, 0.15) is 0 Å². The van der Waals surface area contributed by atoms with E-state index in [1.54, 1.807) is 0 Å². The second-order valence-corrected chi connectivity index (χ2v) is 9.95. The molecule has 2 aromatic rings. The highest BCUT2D eigenvalue weighted by atomic mass is 32.2. The summed E-state index contributed by atoms with van der Waals surface area (Å²) in [5, 5.41) is 4.28. The molecule has 1 aromatic carbocycles. The first-order chi connectivity index (χ1) is 13.2. The third-order valence-electron chi connectivity index (χ3n) is 5.62. The number of hydrogen-bond acceptors (Lipinski definition) is 4. The van der Waals surface area contributed by atoms with Crippen molar-refractivity contribution in [1.29, 1.82) is 0 Å². The third-order valence-corrected chi connectivity index (χ3v) is 6.57. The standard InChI is InChI=1S/C22H31N3O2S/c1-14-9-8-12-18(15(14)2)25-20(27)16-10-6-7-11-17(16)23-21(25)28-13-19(26)24-22(3,4)5/h6-7,10-11,14-15,18H,8-9,12-13H2,1-5H3,(H,24,26)/t14-,15-,18+/m1/s1. The van der Waals surface area contributed by atoms with Crippen molar-refractivity contribution in [2.75, 3.05) is 5.75 Å². The van der Waals surface area contributed by atoms with Crippen LogP contribution in [0.15, 0.2) is 34.2 Å². The third kappa shape index (κ3) is 4.59. The number of hydrogen-bond donors (Lipinski definition) is 1. The van der Waals surface area contributed by atoms with Crippen LogP contribution < -0.4 is 10.9 Å². The molecule has 1 aliphatic carbocycles. The van der Waals surface area contributed by atoms with Crippen LogP contribution in [0.1, 0.15) is 59.9 Å². The topological polar surface area (TPSA) is 64.0 Å². The maximum absolute atomic E-state index is 13.4. The predicted octanol–water partition coefficient (Wildman–Crippen LogP) is 4.40. The van der Waals surface area contributed by atoms with Gasteiger partial charge in [-0.25, -0.2) is 4.98 Å². The lowest BCUT2D eigenvalue weighted by Crippen LogP contribution is -2.41. The molecule has 152 valence electrons. The Labute approximate surface area is 171 Å². The first-order valence-corrected chi connectivity index (χ1v) is 11.1. The van der Waals surface area contributed by atoms with Crippen molar-refractivity contribution in [3.05, 3.63) is 34.6 Å². The lowest BCUT2D eigenvalue weighted by molar-refractivity contribution is -0.119. The summed E-state index contributed by atoms with van der Waals surface area (Å²) < 4.78 is 1.87. The van der Waals surface area contributed by atoms with Crippen LogP contribution in [0.2, 0.25) is 0 Å². The Kier molecular flexibility index (Phi) is 6.18. The normalized spacial score (nSPS) is 23.0. The van der Waals surface area contributed by atoms with E-state index < -0.39 is 0 Å². The van der Waals surface area contributed by atoms with Crippen molar-refractivity contribution in [3.63, 3.8) is 0 Å². The first kappa shape index (κ1) is 20.9. The van der Waals surface area contributed by atoms with E-state index in [0.717, 1.165) is 12.8 Å². The minimum Gasteiger partial charge on any atom is -0.351 e. The molecule has 5 nitrogen and oxygen atoms in total. The van der Waals surface area contributed by atoms with Crippen LogP contribution >= 0.6 is 11.8 Å². The van der Waals surface area contributed by atoms with Crippen molar-refractivity contribution < 1.29 is 4.79 Å². The zero-order chi connectivity index (χ0) is 20.5. The van der Waals surface area contributed by atoms with Gasteiger partial charge in [-0.1, -0.05) is 50.6 Å². The summed E-state index contributed by atoms with van der Waals surface area (Å²) in [4.78, 5) is 30.5. The van der Waals surface area contributed by atoms with E-state index >= 15 is 0 Å². The van der Waals surface area contributed by atoms with Crippen molar-refractivity contribution in [1.82, 2.24) is 14.9 Å². The van der Waals surface area contributed by atoms with Crippen LogP contribution in [-0.2, 0) is 4.79 Å². The fourth-order valence-corrected chi connectivity index (χ4v) is 4.88. The molecule has 0 unspecified atom stereocenters. The SMILES string of the molecule is C[C@@H]1[C@H](C)CCC[C@@H]1n1c(SCC(=O)NC(C)(C)C)nc2ccccc2c1=O. The first-order valence-electron chi connectivity index (χ1n) is 10.1. The summed E-state index contributed by atoms with van der Waals surface area (Å²) in [5.41, 5.74) is 0.427. The molecular formula is C22H31N3O2S. The van der Waals surface area contributed by atoms with Gasteiger partial charge in [0.05, 0.1) is 16.7 Å². The molecule has 0 radical (unpaired) electrons. The molecule has 1 aromatic heterocycles. The number of aromatic nitrogens is 2. The van der Waals surface area contributed by atoms with E-state index in [2.05, 4.69) is 19.2 Å². The highest BCUT2D eigenvalue weighted by Gasteiger charge is 2.31. The predicted molar refractivity (Wildman–Crippen MR) is 116 cm³/mol. The molecule has 1 saturated carbocycles. The van der Waals surface area contributed by atoms with Gasteiger partial charge in [0.15, 0.2) is 5.16 Å². The molecule has 0 saturated heterocycles. The number of carbonyl (C=O) groups excluding carboxylic acids is 1. The monoisotopic (exact) mass is 401 g/mol. The minimum absolute atomic E-state index is 0.00952. The number of rotatable bonds is 4. The van der Waals surface area contributed by atoms with Crippen molar-refractivity contribution in [3.8, 4) is 0 Å². The van der Waals surface area contributed by atoms with E-state index in [0.29, 0.717) is 27.9 Å². The van der Waals surface area contributed by atoms with Gasteiger partial charge in [0.25, 0.3) is 5.56 Å². The summed E-state index contributed by atoms with van der Waals surface area (Å²) in [6, 6.07) is 7.62. The Hall–Kier alpha value is -1.82. The molecule has 3 atom stereocenters. The summed E-state index contributed by atoms with van der Waals surface area (Å²) in [7, 11) is 0. The maximum atomic E-state index is 13.4. The van der Waals surface area contributed by atoms with E-state index in [1.165, 1.54) is 18.2 Å². The number of carbonyl (C=O) groups is 1. The average molecular weight is 402 g/mol. The molecular weight excluding hydrogens is 370 g/mol.